The second-order valence-electron chi connectivity index (χ2n) is 3.58. The van der Waals surface area contributed by atoms with Gasteiger partial charge < -0.3 is 15.0 Å². The smallest absolute Gasteiger partial charge is 0.547 e. The summed E-state index contributed by atoms with van der Waals surface area (Å²) in [6.07, 6.45) is 0.465. The molecule has 4 nitrogen and oxygen atoms in total. The second kappa shape index (κ2) is 9.69. The number of rotatable bonds is 2. The molecule has 0 aliphatic rings. The van der Waals surface area contributed by atoms with Gasteiger partial charge >= 0.3 is 29.6 Å². The van der Waals surface area contributed by atoms with Crippen LogP contribution in [0.25, 0.3) is 11.3 Å². The van der Waals surface area contributed by atoms with Crippen LogP contribution in [0.4, 0.5) is 0 Å². The number of nitrogens with zero attached hydrogens (tertiary/aromatic N) is 1. The van der Waals surface area contributed by atoms with Gasteiger partial charge in [0.25, 0.3) is 0 Å². The van der Waals surface area contributed by atoms with Gasteiger partial charge in [-0.25, -0.2) is 0 Å². The van der Waals surface area contributed by atoms with E-state index in [4.69, 9.17) is 5.11 Å². The molecule has 0 fully saturated rings. The zero-order chi connectivity index (χ0) is 13.4. The summed E-state index contributed by atoms with van der Waals surface area (Å²) in [5.41, 5.74) is 2.19. The molecule has 0 aliphatic heterocycles. The minimum absolute atomic E-state index is 0. The first-order chi connectivity index (χ1) is 8.61. The van der Waals surface area contributed by atoms with Crippen molar-refractivity contribution in [3.05, 3.63) is 54.7 Å². The van der Waals surface area contributed by atoms with E-state index in [1.165, 1.54) is 0 Å². The quantitative estimate of drug-likeness (QED) is 0.631. The van der Waals surface area contributed by atoms with Gasteiger partial charge in [0.15, 0.2) is 0 Å². The number of carbonyl (C=O) groups excluding carboxylic acids is 1. The third kappa shape index (κ3) is 7.08. The number of aliphatic hydroxyl groups excluding tert-OH is 1. The van der Waals surface area contributed by atoms with Gasteiger partial charge in [-0.1, -0.05) is 36.4 Å². The maximum atomic E-state index is 9.34. The minimum Gasteiger partial charge on any atom is -0.547 e. The molecule has 0 amide bonds. The fourth-order valence-electron chi connectivity index (χ4n) is 1.14. The molecule has 2 aromatic rings. The standard InChI is InChI=1S/C11H9N.C3H6O3.Na/c1-2-6-10(7-3-1)11-8-4-5-9-12-11;1-2(4)3(5)6;/h1-9H;2,4H,1H3,(H,5,6);/q;;+1/p-1. The predicted octanol–water partition coefficient (Wildman–Crippen LogP) is -2.13. The van der Waals surface area contributed by atoms with Crippen LogP contribution in [0.3, 0.4) is 0 Å². The Morgan fingerprint density at radius 1 is 1.16 bits per heavy atom. The van der Waals surface area contributed by atoms with E-state index in [-0.39, 0.29) is 29.6 Å². The van der Waals surface area contributed by atoms with Gasteiger partial charge in [-0.3, -0.25) is 4.98 Å². The molecular formula is C14H14NNaO3. The Balaban J connectivity index is 0.000000404. The fraction of sp³-hybridized carbons (Fsp3) is 0.143. The molecule has 1 heterocycles. The van der Waals surface area contributed by atoms with E-state index in [1.807, 2.05) is 42.6 Å². The van der Waals surface area contributed by atoms with Gasteiger partial charge in [0, 0.05) is 11.8 Å². The molecule has 0 spiro atoms. The Morgan fingerprint density at radius 2 is 1.68 bits per heavy atom. The fourth-order valence-corrected chi connectivity index (χ4v) is 1.14. The number of carboxylic acids is 1. The predicted molar refractivity (Wildman–Crippen MR) is 66.4 cm³/mol. The van der Waals surface area contributed by atoms with Gasteiger partial charge in [0.1, 0.15) is 0 Å². The van der Waals surface area contributed by atoms with E-state index in [0.717, 1.165) is 18.2 Å². The largest absolute Gasteiger partial charge is 1.00 e. The molecule has 5 heteroatoms. The Bertz CT molecular complexity index is 437. The molecule has 1 unspecified atom stereocenters. The summed E-state index contributed by atoms with van der Waals surface area (Å²) in [5, 5.41) is 17.3. The molecular weight excluding hydrogens is 253 g/mol. The molecule has 19 heavy (non-hydrogen) atoms. The first-order valence-corrected chi connectivity index (χ1v) is 5.46. The van der Waals surface area contributed by atoms with Crippen molar-refractivity contribution in [2.75, 3.05) is 0 Å². The van der Waals surface area contributed by atoms with Crippen LogP contribution in [0.5, 0.6) is 0 Å². The molecule has 0 radical (unpaired) electrons. The number of benzene rings is 1. The van der Waals surface area contributed by atoms with E-state index < -0.39 is 12.1 Å². The average Bonchev–Trinajstić information content (AvgIpc) is 2.41. The summed E-state index contributed by atoms with van der Waals surface area (Å²) in [6.45, 7) is 1.13. The SMILES string of the molecule is CC(O)C(=O)[O-].[Na+].c1ccc(-c2ccccn2)cc1. The number of carbonyl (C=O) groups is 1. The van der Waals surface area contributed by atoms with E-state index in [2.05, 4.69) is 17.1 Å². The Morgan fingerprint density at radius 3 is 2.11 bits per heavy atom. The maximum absolute atomic E-state index is 9.34. The molecule has 0 aliphatic carbocycles. The van der Waals surface area contributed by atoms with Crippen molar-refractivity contribution in [3.63, 3.8) is 0 Å². The molecule has 94 valence electrons. The number of aliphatic carboxylic acids is 1. The zero-order valence-electron chi connectivity index (χ0n) is 11.0. The van der Waals surface area contributed by atoms with E-state index in [1.54, 1.807) is 0 Å². The number of aliphatic hydroxyl groups is 1. The van der Waals surface area contributed by atoms with Gasteiger partial charge in [0.05, 0.1) is 17.8 Å². The normalized spacial score (nSPS) is 10.4. The Kier molecular flexibility index (Phi) is 9.08. The molecule has 1 N–H and O–H groups in total. The van der Waals surface area contributed by atoms with Crippen molar-refractivity contribution in [1.82, 2.24) is 4.98 Å². The summed E-state index contributed by atoms with van der Waals surface area (Å²) >= 11 is 0. The van der Waals surface area contributed by atoms with Crippen LogP contribution >= 0.6 is 0 Å². The van der Waals surface area contributed by atoms with Crippen LogP contribution in [0.1, 0.15) is 6.92 Å². The van der Waals surface area contributed by atoms with Crippen LogP contribution < -0.4 is 34.7 Å². The number of aromatic nitrogens is 1. The molecule has 1 atom stereocenters. The molecule has 0 saturated carbocycles. The number of hydrogen-bond acceptors (Lipinski definition) is 4. The topological polar surface area (TPSA) is 73.2 Å². The molecule has 0 saturated heterocycles. The minimum atomic E-state index is -1.44. The van der Waals surface area contributed by atoms with E-state index in [9.17, 15) is 9.90 Å². The van der Waals surface area contributed by atoms with E-state index >= 15 is 0 Å². The Labute approximate surface area is 134 Å². The van der Waals surface area contributed by atoms with Crippen LogP contribution in [0.2, 0.25) is 0 Å². The van der Waals surface area contributed by atoms with Crippen LogP contribution in [-0.4, -0.2) is 22.2 Å². The molecule has 2 rings (SSSR count). The molecule has 1 aromatic carbocycles. The Hall–Kier alpha value is -1.20. The monoisotopic (exact) mass is 267 g/mol. The van der Waals surface area contributed by atoms with E-state index in [0.29, 0.717) is 0 Å². The van der Waals surface area contributed by atoms with Crippen molar-refractivity contribution < 1.29 is 44.6 Å². The second-order valence-corrected chi connectivity index (χ2v) is 3.58. The van der Waals surface area contributed by atoms with Crippen molar-refractivity contribution in [1.29, 1.82) is 0 Å². The van der Waals surface area contributed by atoms with Crippen molar-refractivity contribution >= 4 is 5.97 Å². The first kappa shape index (κ1) is 17.8. The van der Waals surface area contributed by atoms with Crippen molar-refractivity contribution in [2.45, 2.75) is 13.0 Å². The van der Waals surface area contributed by atoms with Gasteiger partial charge in [0.2, 0.25) is 0 Å². The molecule has 1 aromatic heterocycles. The summed E-state index contributed by atoms with van der Waals surface area (Å²) in [5.74, 6) is -1.44. The number of hydrogen-bond donors (Lipinski definition) is 1. The van der Waals surface area contributed by atoms with Gasteiger partial charge in [-0.05, 0) is 19.1 Å². The summed E-state index contributed by atoms with van der Waals surface area (Å²) < 4.78 is 0. The van der Waals surface area contributed by atoms with Crippen LogP contribution in [0, 0.1) is 0 Å². The van der Waals surface area contributed by atoms with Gasteiger partial charge in [-0.2, -0.15) is 0 Å². The van der Waals surface area contributed by atoms with Crippen molar-refractivity contribution in [2.24, 2.45) is 0 Å². The third-order valence-corrected chi connectivity index (χ3v) is 2.08. The number of carboxylic acid groups (broad SMARTS) is 1. The average molecular weight is 267 g/mol. The van der Waals surface area contributed by atoms with Crippen LogP contribution in [0.15, 0.2) is 54.7 Å². The van der Waals surface area contributed by atoms with Gasteiger partial charge in [-0.15, -0.1) is 0 Å². The summed E-state index contributed by atoms with van der Waals surface area (Å²) in [7, 11) is 0. The molecule has 0 bridgehead atoms. The van der Waals surface area contributed by atoms with Crippen LogP contribution in [-0.2, 0) is 4.79 Å². The first-order valence-electron chi connectivity index (χ1n) is 5.46. The maximum Gasteiger partial charge on any atom is 1.00 e. The summed E-state index contributed by atoms with van der Waals surface area (Å²) in [4.78, 5) is 13.6. The van der Waals surface area contributed by atoms with Crippen molar-refractivity contribution in [3.8, 4) is 11.3 Å². The summed E-state index contributed by atoms with van der Waals surface area (Å²) in [6, 6.07) is 16.1. The number of pyridine rings is 1. The zero-order valence-corrected chi connectivity index (χ0v) is 13.0. The third-order valence-electron chi connectivity index (χ3n) is 2.08.